The number of nitrogens with zero attached hydrogens (tertiary/aromatic N) is 2. The van der Waals surface area contributed by atoms with E-state index in [1.807, 2.05) is 19.2 Å². The summed E-state index contributed by atoms with van der Waals surface area (Å²) in [4.78, 5) is 6.67. The summed E-state index contributed by atoms with van der Waals surface area (Å²) in [7, 11) is -0.646. The van der Waals surface area contributed by atoms with Crippen molar-refractivity contribution in [3.63, 3.8) is 0 Å². The van der Waals surface area contributed by atoms with Crippen molar-refractivity contribution < 1.29 is 4.21 Å². The molecule has 17 heavy (non-hydrogen) atoms. The van der Waals surface area contributed by atoms with Crippen LogP contribution in [0, 0.1) is 0 Å². The van der Waals surface area contributed by atoms with Crippen LogP contribution in [0.5, 0.6) is 0 Å². The molecule has 2 N–H and O–H groups in total. The highest BCUT2D eigenvalue weighted by Crippen LogP contribution is 2.19. The van der Waals surface area contributed by atoms with Crippen molar-refractivity contribution >= 4 is 16.6 Å². The van der Waals surface area contributed by atoms with E-state index in [0.717, 1.165) is 36.8 Å². The third-order valence-electron chi connectivity index (χ3n) is 2.89. The molecular formula is C12H19N3OS. The molecule has 1 aliphatic heterocycles. The Labute approximate surface area is 105 Å². The van der Waals surface area contributed by atoms with E-state index in [9.17, 15) is 4.21 Å². The molecule has 1 atom stereocenters. The van der Waals surface area contributed by atoms with E-state index in [0.29, 0.717) is 0 Å². The van der Waals surface area contributed by atoms with Gasteiger partial charge in [-0.25, -0.2) is 4.98 Å². The average Bonchev–Trinajstić information content (AvgIpc) is 2.30. The maximum absolute atomic E-state index is 11.3. The molecule has 2 rings (SSSR count). The Hall–Kier alpha value is -0.940. The minimum Gasteiger partial charge on any atom is -0.355 e. The van der Waals surface area contributed by atoms with Gasteiger partial charge in [0.2, 0.25) is 0 Å². The molecule has 2 heterocycles. The summed E-state index contributed by atoms with van der Waals surface area (Å²) in [6, 6.07) is 4.16. The average molecular weight is 253 g/mol. The van der Waals surface area contributed by atoms with Crippen molar-refractivity contribution in [2.45, 2.75) is 19.4 Å². The van der Waals surface area contributed by atoms with E-state index in [2.05, 4.69) is 16.0 Å². The fraction of sp³-hybridized carbons (Fsp3) is 0.583. The Morgan fingerprint density at radius 1 is 1.53 bits per heavy atom. The van der Waals surface area contributed by atoms with E-state index < -0.39 is 10.8 Å². The molecule has 1 saturated heterocycles. The van der Waals surface area contributed by atoms with Crippen LogP contribution in [0.3, 0.4) is 0 Å². The molecule has 1 aromatic heterocycles. The van der Waals surface area contributed by atoms with Crippen LogP contribution in [-0.2, 0) is 17.2 Å². The zero-order chi connectivity index (χ0) is 12.3. The normalized spacial score (nSPS) is 19.3. The van der Waals surface area contributed by atoms with Gasteiger partial charge in [-0.15, -0.1) is 0 Å². The molecule has 0 saturated carbocycles. The van der Waals surface area contributed by atoms with E-state index in [4.69, 9.17) is 5.73 Å². The number of anilines is 1. The predicted octanol–water partition coefficient (Wildman–Crippen LogP) is 0.540. The van der Waals surface area contributed by atoms with E-state index >= 15 is 0 Å². The molecule has 0 spiro atoms. The Balaban J connectivity index is 2.16. The van der Waals surface area contributed by atoms with Gasteiger partial charge in [-0.2, -0.15) is 0 Å². The Morgan fingerprint density at radius 2 is 2.24 bits per heavy atom. The number of pyridine rings is 1. The van der Waals surface area contributed by atoms with E-state index in [1.165, 1.54) is 5.56 Å². The molecule has 0 amide bonds. The molecule has 4 nitrogen and oxygen atoms in total. The van der Waals surface area contributed by atoms with Crippen molar-refractivity contribution in [1.29, 1.82) is 0 Å². The highest BCUT2D eigenvalue weighted by Gasteiger charge is 2.19. The molecule has 1 aliphatic rings. The van der Waals surface area contributed by atoms with Crippen LogP contribution in [0.1, 0.15) is 12.5 Å². The van der Waals surface area contributed by atoms with Crippen LogP contribution < -0.4 is 10.6 Å². The first-order valence-electron chi connectivity index (χ1n) is 5.96. The first kappa shape index (κ1) is 12.5. The number of rotatable bonds is 3. The van der Waals surface area contributed by atoms with Gasteiger partial charge in [-0.3, -0.25) is 4.21 Å². The zero-order valence-electron chi connectivity index (χ0n) is 10.1. The lowest BCUT2D eigenvalue weighted by Gasteiger charge is -2.29. The third kappa shape index (κ3) is 3.26. The molecule has 1 unspecified atom stereocenters. The van der Waals surface area contributed by atoms with Crippen LogP contribution in [0.4, 0.5) is 5.82 Å². The lowest BCUT2D eigenvalue weighted by Crippen LogP contribution is -2.39. The van der Waals surface area contributed by atoms with Crippen molar-refractivity contribution in [3.8, 4) is 0 Å². The fourth-order valence-electron chi connectivity index (χ4n) is 2.07. The maximum atomic E-state index is 11.3. The highest BCUT2D eigenvalue weighted by molar-refractivity contribution is 7.85. The van der Waals surface area contributed by atoms with Gasteiger partial charge < -0.3 is 10.6 Å². The quantitative estimate of drug-likeness (QED) is 0.854. The molecule has 0 aliphatic carbocycles. The van der Waals surface area contributed by atoms with Crippen molar-refractivity contribution in [3.05, 3.63) is 23.9 Å². The fourth-order valence-corrected chi connectivity index (χ4v) is 3.12. The molecule has 5 heteroatoms. The van der Waals surface area contributed by atoms with Crippen molar-refractivity contribution in [2.75, 3.05) is 29.5 Å². The van der Waals surface area contributed by atoms with Gasteiger partial charge in [0, 0.05) is 47.6 Å². The van der Waals surface area contributed by atoms with Crippen molar-refractivity contribution in [1.82, 2.24) is 4.98 Å². The molecule has 0 radical (unpaired) electrons. The van der Waals surface area contributed by atoms with Crippen LogP contribution in [0.25, 0.3) is 0 Å². The second-order valence-corrected chi connectivity index (χ2v) is 6.20. The summed E-state index contributed by atoms with van der Waals surface area (Å²) in [6.45, 7) is 3.66. The lowest BCUT2D eigenvalue weighted by molar-refractivity contribution is 0.670. The first-order chi connectivity index (χ1) is 8.16. The Kier molecular flexibility index (Phi) is 4.12. The Morgan fingerprint density at radius 3 is 2.88 bits per heavy atom. The van der Waals surface area contributed by atoms with Gasteiger partial charge >= 0.3 is 0 Å². The topological polar surface area (TPSA) is 59.2 Å². The van der Waals surface area contributed by atoms with Crippen LogP contribution in [0.2, 0.25) is 0 Å². The minimum absolute atomic E-state index is 0.136. The number of hydrogen-bond acceptors (Lipinski definition) is 4. The summed E-state index contributed by atoms with van der Waals surface area (Å²) in [5.41, 5.74) is 7.04. The molecule has 0 bridgehead atoms. The summed E-state index contributed by atoms with van der Waals surface area (Å²) in [6.07, 6.45) is 2.65. The molecule has 0 aromatic carbocycles. The number of hydrogen-bond donors (Lipinski definition) is 1. The van der Waals surface area contributed by atoms with Gasteiger partial charge in [0.15, 0.2) is 0 Å². The van der Waals surface area contributed by atoms with Gasteiger partial charge in [0.05, 0.1) is 0 Å². The maximum Gasteiger partial charge on any atom is 0.131 e. The first-order valence-corrected chi connectivity index (χ1v) is 7.45. The van der Waals surface area contributed by atoms with Gasteiger partial charge in [0.25, 0.3) is 0 Å². The van der Waals surface area contributed by atoms with Crippen LogP contribution in [0.15, 0.2) is 18.3 Å². The van der Waals surface area contributed by atoms with Crippen molar-refractivity contribution in [2.24, 2.45) is 5.73 Å². The zero-order valence-corrected chi connectivity index (χ0v) is 10.9. The highest BCUT2D eigenvalue weighted by atomic mass is 32.2. The smallest absolute Gasteiger partial charge is 0.131 e. The second-order valence-electron chi connectivity index (χ2n) is 4.50. The van der Waals surface area contributed by atoms with Crippen LogP contribution >= 0.6 is 0 Å². The van der Waals surface area contributed by atoms with Gasteiger partial charge in [-0.1, -0.05) is 6.07 Å². The van der Waals surface area contributed by atoms with Gasteiger partial charge in [-0.05, 0) is 25.0 Å². The standard InChI is InChI=1S/C12H19N3OS/c1-10(13)9-11-3-2-4-14-12(11)15-5-7-17(16)8-6-15/h2-4,10H,5-9,13H2,1H3. The summed E-state index contributed by atoms with van der Waals surface area (Å²) >= 11 is 0. The van der Waals surface area contributed by atoms with Crippen LogP contribution in [-0.4, -0.2) is 39.8 Å². The molecule has 1 aromatic rings. The number of aromatic nitrogens is 1. The monoisotopic (exact) mass is 253 g/mol. The van der Waals surface area contributed by atoms with Gasteiger partial charge in [0.1, 0.15) is 5.82 Å². The SMILES string of the molecule is CC(N)Cc1cccnc1N1CCS(=O)CC1. The number of nitrogens with two attached hydrogens (primary N) is 1. The second kappa shape index (κ2) is 5.60. The van der Waals surface area contributed by atoms with E-state index in [-0.39, 0.29) is 6.04 Å². The molecular weight excluding hydrogens is 234 g/mol. The Bertz CT molecular complexity index is 398. The predicted molar refractivity (Wildman–Crippen MR) is 71.7 cm³/mol. The summed E-state index contributed by atoms with van der Waals surface area (Å²) in [5.74, 6) is 2.50. The summed E-state index contributed by atoms with van der Waals surface area (Å²) < 4.78 is 11.3. The largest absolute Gasteiger partial charge is 0.355 e. The lowest BCUT2D eigenvalue weighted by atomic mass is 10.1. The van der Waals surface area contributed by atoms with E-state index in [1.54, 1.807) is 0 Å². The third-order valence-corrected chi connectivity index (χ3v) is 4.16. The summed E-state index contributed by atoms with van der Waals surface area (Å²) in [5, 5.41) is 0. The molecule has 1 fully saturated rings. The minimum atomic E-state index is -0.646. The molecule has 94 valence electrons.